The predicted molar refractivity (Wildman–Crippen MR) is 177 cm³/mol. The highest BCUT2D eigenvalue weighted by Crippen LogP contribution is 2.45. The van der Waals surface area contributed by atoms with Crippen molar-refractivity contribution in [1.29, 1.82) is 0 Å². The van der Waals surface area contributed by atoms with E-state index in [2.05, 4.69) is 36.7 Å². The average molecular weight is 679 g/mol. The zero-order chi connectivity index (χ0) is 31.1. The molecule has 0 spiro atoms. The summed E-state index contributed by atoms with van der Waals surface area (Å²) in [4.78, 5) is 1.93. The lowest BCUT2D eigenvalue weighted by Crippen LogP contribution is -2.67. The second kappa shape index (κ2) is 12.0. The van der Waals surface area contributed by atoms with Gasteiger partial charge in [-0.05, 0) is 69.7 Å². The summed E-state index contributed by atoms with van der Waals surface area (Å²) in [5.41, 5.74) is 3.01. The summed E-state index contributed by atoms with van der Waals surface area (Å²) in [5.74, 6) is -1.76. The highest BCUT2D eigenvalue weighted by molar-refractivity contribution is 9.10. The van der Waals surface area contributed by atoms with E-state index in [1.165, 1.54) is 0 Å². The maximum atomic E-state index is 16.5. The fourth-order valence-electron chi connectivity index (χ4n) is 6.85. The Morgan fingerprint density at radius 2 is 1.43 bits per heavy atom. The molecule has 0 radical (unpaired) electrons. The summed E-state index contributed by atoms with van der Waals surface area (Å²) >= 11 is 3.53. The summed E-state index contributed by atoms with van der Waals surface area (Å²) in [6, 6.07) is 31.3. The van der Waals surface area contributed by atoms with Gasteiger partial charge in [-0.15, -0.1) is 0 Å². The standard InChI is InChI=1S/C36H38BrF2NO3Si/c1-25-19-27-20-32-33(42-24-41-32)21-31(27)34(26-15-17-28(37)18-16-26)40(25)22-36(38,39)23-43-44(35(2,3)4,29-11-7-5-8-12-29)30-13-9-6-10-14-30/h5-18,20-21,25,34H,19,22-24H2,1-4H3/t25-,34+/m1/s1. The van der Waals surface area contributed by atoms with Gasteiger partial charge in [-0.1, -0.05) is 109 Å². The van der Waals surface area contributed by atoms with Crippen molar-refractivity contribution in [3.05, 3.63) is 118 Å². The van der Waals surface area contributed by atoms with Crippen LogP contribution in [0.1, 0.15) is 50.4 Å². The van der Waals surface area contributed by atoms with Gasteiger partial charge in [0.05, 0.1) is 19.2 Å². The van der Waals surface area contributed by atoms with E-state index in [-0.39, 0.29) is 18.9 Å². The molecule has 0 amide bonds. The average Bonchev–Trinajstić information content (AvgIpc) is 3.45. The Morgan fingerprint density at radius 3 is 2.00 bits per heavy atom. The number of benzene rings is 4. The third kappa shape index (κ3) is 5.85. The predicted octanol–water partition coefficient (Wildman–Crippen LogP) is 7.73. The van der Waals surface area contributed by atoms with Crippen LogP contribution in [0.4, 0.5) is 8.78 Å². The molecule has 2 aliphatic heterocycles. The van der Waals surface area contributed by atoms with Crippen molar-refractivity contribution in [3.8, 4) is 11.5 Å². The van der Waals surface area contributed by atoms with Crippen LogP contribution in [0.3, 0.4) is 0 Å². The Bertz CT molecular complexity index is 1560. The summed E-state index contributed by atoms with van der Waals surface area (Å²) in [5, 5.41) is 1.57. The van der Waals surface area contributed by atoms with Crippen LogP contribution in [0.2, 0.25) is 5.04 Å². The third-order valence-electron chi connectivity index (χ3n) is 8.86. The minimum absolute atomic E-state index is 0.143. The van der Waals surface area contributed by atoms with E-state index in [1.807, 2.05) is 109 Å². The van der Waals surface area contributed by atoms with Gasteiger partial charge in [0.2, 0.25) is 6.79 Å². The van der Waals surface area contributed by atoms with Gasteiger partial charge in [0.1, 0.15) is 0 Å². The number of alkyl halides is 2. The fraction of sp³-hybridized carbons (Fsp3) is 0.333. The van der Waals surface area contributed by atoms with Crippen LogP contribution in [0, 0.1) is 0 Å². The van der Waals surface area contributed by atoms with Gasteiger partial charge in [-0.2, -0.15) is 0 Å². The normalized spacial score (nSPS) is 18.7. The van der Waals surface area contributed by atoms with Crippen molar-refractivity contribution in [2.75, 3.05) is 19.9 Å². The summed E-state index contributed by atoms with van der Waals surface area (Å²) < 4.78 is 52.0. The number of rotatable bonds is 8. The van der Waals surface area contributed by atoms with E-state index < -0.39 is 32.4 Å². The van der Waals surface area contributed by atoms with E-state index in [9.17, 15) is 0 Å². The first-order chi connectivity index (χ1) is 21.0. The molecule has 44 heavy (non-hydrogen) atoms. The summed E-state index contributed by atoms with van der Waals surface area (Å²) in [7, 11) is -3.13. The number of hydrogen-bond donors (Lipinski definition) is 0. The molecular weight excluding hydrogens is 640 g/mol. The summed E-state index contributed by atoms with van der Waals surface area (Å²) in [6.45, 7) is 7.39. The molecule has 0 N–H and O–H groups in total. The van der Waals surface area contributed by atoms with Crippen LogP contribution in [0.25, 0.3) is 0 Å². The van der Waals surface area contributed by atoms with E-state index in [0.29, 0.717) is 17.9 Å². The second-order valence-corrected chi connectivity index (χ2v) is 18.1. The van der Waals surface area contributed by atoms with Gasteiger partial charge in [0.25, 0.3) is 14.2 Å². The highest BCUT2D eigenvalue weighted by atomic mass is 79.9. The van der Waals surface area contributed by atoms with Crippen molar-refractivity contribution in [3.63, 3.8) is 0 Å². The Morgan fingerprint density at radius 1 is 0.864 bits per heavy atom. The summed E-state index contributed by atoms with van der Waals surface area (Å²) in [6.07, 6.45) is 0.630. The maximum absolute atomic E-state index is 16.5. The number of ether oxygens (including phenoxy) is 2. The van der Waals surface area contributed by atoms with Crippen LogP contribution >= 0.6 is 15.9 Å². The van der Waals surface area contributed by atoms with Crippen molar-refractivity contribution < 1.29 is 22.7 Å². The lowest BCUT2D eigenvalue weighted by Gasteiger charge is -2.45. The molecule has 0 aliphatic carbocycles. The molecule has 230 valence electrons. The molecule has 0 unspecified atom stereocenters. The number of hydrogen-bond acceptors (Lipinski definition) is 4. The molecule has 0 bridgehead atoms. The fourth-order valence-corrected chi connectivity index (χ4v) is 11.7. The van der Waals surface area contributed by atoms with Crippen LogP contribution in [-0.2, 0) is 10.8 Å². The number of halogens is 3. The molecule has 0 aromatic heterocycles. The Balaban J connectivity index is 1.36. The van der Waals surface area contributed by atoms with Gasteiger partial charge in [0, 0.05) is 10.5 Å². The number of fused-ring (bicyclic) bond motifs is 2. The van der Waals surface area contributed by atoms with Crippen LogP contribution < -0.4 is 19.8 Å². The quantitative estimate of drug-likeness (QED) is 0.179. The molecule has 4 nitrogen and oxygen atoms in total. The Labute approximate surface area is 268 Å². The first kappa shape index (κ1) is 31.0. The molecule has 2 atom stereocenters. The molecule has 8 heteroatoms. The van der Waals surface area contributed by atoms with Crippen molar-refractivity contribution in [2.24, 2.45) is 0 Å². The second-order valence-electron chi connectivity index (χ2n) is 12.9. The Hall–Kier alpha value is -3.04. The highest BCUT2D eigenvalue weighted by Gasteiger charge is 2.52. The van der Waals surface area contributed by atoms with Gasteiger partial charge >= 0.3 is 0 Å². The van der Waals surface area contributed by atoms with E-state index >= 15 is 8.78 Å². The molecule has 4 aromatic rings. The molecule has 0 saturated carbocycles. The molecule has 2 heterocycles. The van der Waals surface area contributed by atoms with Gasteiger partial charge in [-0.3, -0.25) is 4.90 Å². The monoisotopic (exact) mass is 677 g/mol. The minimum Gasteiger partial charge on any atom is -0.454 e. The van der Waals surface area contributed by atoms with Crippen LogP contribution in [-0.4, -0.2) is 45.1 Å². The van der Waals surface area contributed by atoms with Gasteiger partial charge in [0.15, 0.2) is 11.5 Å². The Kier molecular flexibility index (Phi) is 8.47. The van der Waals surface area contributed by atoms with E-state index in [1.54, 1.807) is 0 Å². The molecular formula is C36H38BrF2NO3Si. The van der Waals surface area contributed by atoms with E-state index in [0.717, 1.165) is 31.5 Å². The van der Waals surface area contributed by atoms with Crippen LogP contribution in [0.5, 0.6) is 11.5 Å². The zero-order valence-corrected chi connectivity index (χ0v) is 28.1. The molecule has 6 rings (SSSR count). The maximum Gasteiger partial charge on any atom is 0.282 e. The van der Waals surface area contributed by atoms with Crippen LogP contribution in [0.15, 0.2) is 102 Å². The third-order valence-corrected chi connectivity index (χ3v) is 14.4. The topological polar surface area (TPSA) is 30.9 Å². The zero-order valence-electron chi connectivity index (χ0n) is 25.5. The molecule has 0 saturated heterocycles. The smallest absolute Gasteiger partial charge is 0.282 e. The molecule has 2 aliphatic rings. The first-order valence-corrected chi connectivity index (χ1v) is 17.8. The minimum atomic E-state index is -3.13. The molecule has 0 fully saturated rings. The number of nitrogens with zero attached hydrogens (tertiary/aromatic N) is 1. The van der Waals surface area contributed by atoms with Gasteiger partial charge in [-0.25, -0.2) is 8.78 Å². The first-order valence-electron chi connectivity index (χ1n) is 15.0. The lowest BCUT2D eigenvalue weighted by molar-refractivity contribution is -0.0818. The van der Waals surface area contributed by atoms with Gasteiger partial charge < -0.3 is 13.9 Å². The van der Waals surface area contributed by atoms with Crippen molar-refractivity contribution >= 4 is 34.6 Å². The lowest BCUT2D eigenvalue weighted by atomic mass is 9.84. The molecule has 4 aromatic carbocycles. The largest absolute Gasteiger partial charge is 0.454 e. The van der Waals surface area contributed by atoms with Crippen molar-refractivity contribution in [2.45, 2.75) is 57.2 Å². The van der Waals surface area contributed by atoms with Crippen molar-refractivity contribution in [1.82, 2.24) is 4.90 Å². The van der Waals surface area contributed by atoms with E-state index in [4.69, 9.17) is 13.9 Å². The SMILES string of the molecule is C[C@@H]1Cc2cc3c(cc2[C@H](c2ccc(Br)cc2)N1CC(F)(F)CO[Si](c1ccccc1)(c1ccccc1)C(C)(C)C)OCO3.